The van der Waals surface area contributed by atoms with Gasteiger partial charge in [0, 0.05) is 13.0 Å². The Hall–Kier alpha value is -2.74. The molecule has 0 aliphatic heterocycles. The first-order chi connectivity index (χ1) is 13.2. The maximum Gasteiger partial charge on any atom is 0.416 e. The number of methoxy groups -OCH3 is 1. The highest BCUT2D eigenvalue weighted by molar-refractivity contribution is 5.68. The van der Waals surface area contributed by atoms with Crippen LogP contribution < -0.4 is 9.47 Å². The molecule has 2 rings (SSSR count). The molecule has 2 aromatic carbocycles. The van der Waals surface area contributed by atoms with E-state index >= 15 is 0 Å². The predicted octanol–water partition coefficient (Wildman–Crippen LogP) is 4.24. The Morgan fingerprint density at radius 2 is 1.64 bits per heavy atom. The zero-order valence-electron chi connectivity index (χ0n) is 15.6. The summed E-state index contributed by atoms with van der Waals surface area (Å²) in [4.78, 5) is 12.5. The molecule has 0 aliphatic carbocycles. The summed E-state index contributed by atoms with van der Waals surface area (Å²) < 4.78 is 49.2. The van der Waals surface area contributed by atoms with Crippen LogP contribution >= 0.6 is 0 Å². The lowest BCUT2D eigenvalue weighted by molar-refractivity contribution is -0.138. The van der Waals surface area contributed by atoms with E-state index in [-0.39, 0.29) is 6.54 Å². The van der Waals surface area contributed by atoms with Gasteiger partial charge in [-0.05, 0) is 49.0 Å². The Balaban J connectivity index is 2.15. The number of halogens is 3. The van der Waals surface area contributed by atoms with Gasteiger partial charge in [0.1, 0.15) is 17.6 Å². The Bertz CT molecular complexity index is 761. The van der Waals surface area contributed by atoms with Crippen LogP contribution in [-0.4, -0.2) is 43.2 Å². The van der Waals surface area contributed by atoms with Gasteiger partial charge in [0.15, 0.2) is 0 Å². The molecule has 0 amide bonds. The van der Waals surface area contributed by atoms with E-state index in [2.05, 4.69) is 0 Å². The van der Waals surface area contributed by atoms with Crippen molar-refractivity contribution >= 4 is 5.97 Å². The van der Waals surface area contributed by atoms with Crippen molar-refractivity contribution in [1.29, 1.82) is 0 Å². The number of hydrogen-bond acceptors (Lipinski definition) is 4. The molecule has 0 saturated heterocycles. The van der Waals surface area contributed by atoms with Crippen molar-refractivity contribution in [3.05, 3.63) is 59.7 Å². The molecule has 1 unspecified atom stereocenters. The maximum absolute atomic E-state index is 12.7. The van der Waals surface area contributed by atoms with Crippen LogP contribution in [-0.2, 0) is 11.0 Å². The monoisotopic (exact) mass is 397 g/mol. The number of carboxylic acid groups (broad SMARTS) is 1. The van der Waals surface area contributed by atoms with Crippen LogP contribution in [0.2, 0.25) is 0 Å². The normalized spacial score (nSPS) is 12.6. The van der Waals surface area contributed by atoms with Gasteiger partial charge in [-0.15, -0.1) is 0 Å². The highest BCUT2D eigenvalue weighted by Crippen LogP contribution is 2.32. The van der Waals surface area contributed by atoms with Crippen molar-refractivity contribution in [3.63, 3.8) is 0 Å². The number of hydrogen-bond donors (Lipinski definition) is 1. The van der Waals surface area contributed by atoms with E-state index in [4.69, 9.17) is 14.6 Å². The van der Waals surface area contributed by atoms with Gasteiger partial charge in [-0.2, -0.15) is 13.2 Å². The molecule has 0 aromatic heterocycles. The molecule has 28 heavy (non-hydrogen) atoms. The SMILES string of the molecule is COc1ccc(C(CCN(C)CC(=O)O)Oc2ccc(C(F)(F)F)cc2)cc1. The largest absolute Gasteiger partial charge is 0.497 e. The van der Waals surface area contributed by atoms with Gasteiger partial charge in [-0.25, -0.2) is 0 Å². The number of aliphatic carboxylic acids is 1. The number of benzene rings is 2. The molecule has 2 aromatic rings. The Morgan fingerprint density at radius 1 is 1.07 bits per heavy atom. The topological polar surface area (TPSA) is 59.0 Å². The van der Waals surface area contributed by atoms with Crippen molar-refractivity contribution in [3.8, 4) is 11.5 Å². The summed E-state index contributed by atoms with van der Waals surface area (Å²) in [6.07, 6.45) is -4.41. The zero-order chi connectivity index (χ0) is 20.7. The summed E-state index contributed by atoms with van der Waals surface area (Å²) in [5, 5.41) is 8.87. The Morgan fingerprint density at radius 3 is 2.14 bits per heavy atom. The third kappa shape index (κ3) is 6.45. The van der Waals surface area contributed by atoms with E-state index in [0.29, 0.717) is 24.5 Å². The fraction of sp³-hybridized carbons (Fsp3) is 0.350. The van der Waals surface area contributed by atoms with Crippen LogP contribution in [0.3, 0.4) is 0 Å². The van der Waals surface area contributed by atoms with Gasteiger partial charge < -0.3 is 14.6 Å². The number of likely N-dealkylation sites (N-methyl/N-ethyl adjacent to an activating group) is 1. The fourth-order valence-electron chi connectivity index (χ4n) is 2.65. The van der Waals surface area contributed by atoms with Crippen LogP contribution in [0.15, 0.2) is 48.5 Å². The van der Waals surface area contributed by atoms with Gasteiger partial charge >= 0.3 is 12.1 Å². The van der Waals surface area contributed by atoms with Gasteiger partial charge in [0.25, 0.3) is 0 Å². The smallest absolute Gasteiger partial charge is 0.416 e. The van der Waals surface area contributed by atoms with E-state index < -0.39 is 23.8 Å². The van der Waals surface area contributed by atoms with Crippen LogP contribution in [0.5, 0.6) is 11.5 Å². The predicted molar refractivity (Wildman–Crippen MR) is 97.6 cm³/mol. The maximum atomic E-state index is 12.7. The fourth-order valence-corrected chi connectivity index (χ4v) is 2.65. The average molecular weight is 397 g/mol. The third-order valence-corrected chi connectivity index (χ3v) is 4.13. The minimum atomic E-state index is -4.41. The van der Waals surface area contributed by atoms with E-state index in [9.17, 15) is 18.0 Å². The van der Waals surface area contributed by atoms with Gasteiger partial charge in [-0.3, -0.25) is 9.69 Å². The molecular weight excluding hydrogens is 375 g/mol. The molecule has 152 valence electrons. The molecule has 0 spiro atoms. The molecule has 1 atom stereocenters. The number of nitrogens with zero attached hydrogens (tertiary/aromatic N) is 1. The highest BCUT2D eigenvalue weighted by Gasteiger charge is 2.30. The second-order valence-electron chi connectivity index (χ2n) is 6.32. The van der Waals surface area contributed by atoms with E-state index in [0.717, 1.165) is 17.7 Å². The van der Waals surface area contributed by atoms with Crippen molar-refractivity contribution in [1.82, 2.24) is 4.90 Å². The molecule has 0 saturated carbocycles. The lowest BCUT2D eigenvalue weighted by atomic mass is 10.1. The molecule has 0 fully saturated rings. The highest BCUT2D eigenvalue weighted by atomic mass is 19.4. The second-order valence-corrected chi connectivity index (χ2v) is 6.32. The molecule has 0 heterocycles. The average Bonchev–Trinajstić information content (AvgIpc) is 2.64. The van der Waals surface area contributed by atoms with Crippen molar-refractivity contribution < 1.29 is 32.5 Å². The van der Waals surface area contributed by atoms with Crippen LogP contribution in [0.1, 0.15) is 23.7 Å². The summed E-state index contributed by atoms with van der Waals surface area (Å²) in [5.74, 6) is 0.0295. The molecule has 1 N–H and O–H groups in total. The summed E-state index contributed by atoms with van der Waals surface area (Å²) in [6.45, 7) is 0.319. The summed E-state index contributed by atoms with van der Waals surface area (Å²) in [7, 11) is 3.23. The first kappa shape index (κ1) is 21.6. The first-order valence-corrected chi connectivity index (χ1v) is 8.57. The van der Waals surface area contributed by atoms with Crippen molar-refractivity contribution in [2.24, 2.45) is 0 Å². The number of alkyl halides is 3. The first-order valence-electron chi connectivity index (χ1n) is 8.57. The van der Waals surface area contributed by atoms with Gasteiger partial charge in [-0.1, -0.05) is 12.1 Å². The molecule has 0 bridgehead atoms. The summed E-state index contributed by atoms with van der Waals surface area (Å²) in [6, 6.07) is 11.6. The number of ether oxygens (including phenoxy) is 2. The summed E-state index contributed by atoms with van der Waals surface area (Å²) in [5.41, 5.74) is 0.0615. The summed E-state index contributed by atoms with van der Waals surface area (Å²) >= 11 is 0. The Labute approximate surface area is 161 Å². The minimum Gasteiger partial charge on any atom is -0.497 e. The lowest BCUT2D eigenvalue weighted by Gasteiger charge is -2.23. The van der Waals surface area contributed by atoms with E-state index in [1.54, 1.807) is 31.2 Å². The van der Waals surface area contributed by atoms with Crippen LogP contribution in [0.4, 0.5) is 13.2 Å². The second kappa shape index (κ2) is 9.45. The van der Waals surface area contributed by atoms with Crippen molar-refractivity contribution in [2.45, 2.75) is 18.7 Å². The van der Waals surface area contributed by atoms with Crippen LogP contribution in [0.25, 0.3) is 0 Å². The molecule has 5 nitrogen and oxygen atoms in total. The number of rotatable bonds is 9. The number of carbonyl (C=O) groups is 1. The van der Waals surface area contributed by atoms with Crippen molar-refractivity contribution in [2.75, 3.05) is 27.2 Å². The molecule has 0 aliphatic rings. The van der Waals surface area contributed by atoms with E-state index in [1.165, 1.54) is 12.1 Å². The zero-order valence-corrected chi connectivity index (χ0v) is 15.6. The van der Waals surface area contributed by atoms with Crippen LogP contribution in [0, 0.1) is 0 Å². The van der Waals surface area contributed by atoms with E-state index in [1.807, 2.05) is 12.1 Å². The molecule has 8 heteroatoms. The quantitative estimate of drug-likeness (QED) is 0.686. The lowest BCUT2D eigenvalue weighted by Crippen LogP contribution is -2.28. The number of carboxylic acids is 1. The molecule has 0 radical (unpaired) electrons. The molecular formula is C20H22F3NO4. The Kier molecular flexibility index (Phi) is 7.28. The van der Waals surface area contributed by atoms with Gasteiger partial charge in [0.05, 0.1) is 19.2 Å². The minimum absolute atomic E-state index is 0.115. The van der Waals surface area contributed by atoms with Gasteiger partial charge in [0.2, 0.25) is 0 Å². The standard InChI is InChI=1S/C20H22F3NO4/c1-24(13-19(25)26)12-11-18(14-3-7-16(27-2)8-4-14)28-17-9-5-15(6-10-17)20(21,22)23/h3-10,18H,11-13H2,1-2H3,(H,25,26). The third-order valence-electron chi connectivity index (χ3n) is 4.13.